The Bertz CT molecular complexity index is 317. The molecule has 0 aliphatic heterocycles. The second-order valence-electron chi connectivity index (χ2n) is 3.25. The fourth-order valence-corrected chi connectivity index (χ4v) is 1.51. The Morgan fingerprint density at radius 1 is 1.77 bits per heavy atom. The van der Waals surface area contributed by atoms with Crippen LogP contribution in [-0.2, 0) is 6.54 Å². The molecule has 0 radical (unpaired) electrons. The number of anilines is 1. The Kier molecular flexibility index (Phi) is 1.83. The number of aromatic nitrogens is 2. The van der Waals surface area contributed by atoms with Gasteiger partial charge in [0.15, 0.2) is 5.82 Å². The fourth-order valence-electron chi connectivity index (χ4n) is 1.20. The summed E-state index contributed by atoms with van der Waals surface area (Å²) in [6.45, 7) is 0.239. The van der Waals surface area contributed by atoms with Gasteiger partial charge in [-0.1, -0.05) is 0 Å². The minimum atomic E-state index is -2.49. The van der Waals surface area contributed by atoms with Gasteiger partial charge in [-0.25, -0.2) is 8.78 Å². The van der Waals surface area contributed by atoms with Crippen LogP contribution in [0.5, 0.6) is 0 Å². The smallest absolute Gasteiger partial charge is 0.253 e. The predicted molar refractivity (Wildman–Crippen MR) is 47.4 cm³/mol. The largest absolute Gasteiger partial charge is 0.381 e. The van der Waals surface area contributed by atoms with Gasteiger partial charge < -0.3 is 5.73 Å². The third-order valence-corrected chi connectivity index (χ3v) is 2.72. The molecule has 6 heteroatoms. The summed E-state index contributed by atoms with van der Waals surface area (Å²) in [5.74, 6) is -2.73. The van der Waals surface area contributed by atoms with Crippen molar-refractivity contribution in [3.63, 3.8) is 0 Å². The maximum Gasteiger partial charge on any atom is 0.253 e. The second-order valence-corrected chi connectivity index (χ2v) is 4.10. The van der Waals surface area contributed by atoms with E-state index in [1.54, 1.807) is 6.20 Å². The summed E-state index contributed by atoms with van der Waals surface area (Å²) in [6.07, 6.45) is 1.58. The average Bonchev–Trinajstić information content (AvgIpc) is 2.44. The summed E-state index contributed by atoms with van der Waals surface area (Å²) < 4.78 is 27.1. The highest BCUT2D eigenvalue weighted by Gasteiger charge is 2.56. The van der Waals surface area contributed by atoms with Crippen molar-refractivity contribution >= 4 is 21.7 Å². The fraction of sp³-hybridized carbons (Fsp3) is 0.571. The lowest BCUT2D eigenvalue weighted by Gasteiger charge is -1.98. The SMILES string of the molecule is Nc1nn(CC2CC2(F)F)cc1Br. The Hall–Kier alpha value is -0.650. The van der Waals surface area contributed by atoms with Gasteiger partial charge in [0.2, 0.25) is 0 Å². The Balaban J connectivity index is 2.03. The minimum Gasteiger partial charge on any atom is -0.381 e. The van der Waals surface area contributed by atoms with Crippen LogP contribution in [0.4, 0.5) is 14.6 Å². The van der Waals surface area contributed by atoms with Crippen LogP contribution in [0.25, 0.3) is 0 Å². The zero-order valence-electron chi connectivity index (χ0n) is 6.67. The van der Waals surface area contributed by atoms with Gasteiger partial charge in [-0.2, -0.15) is 5.10 Å². The van der Waals surface area contributed by atoms with Crippen molar-refractivity contribution in [3.8, 4) is 0 Å². The monoisotopic (exact) mass is 251 g/mol. The predicted octanol–water partition coefficient (Wildman–Crippen LogP) is 1.88. The van der Waals surface area contributed by atoms with Gasteiger partial charge in [0.1, 0.15) is 0 Å². The molecule has 1 atom stereocenters. The third-order valence-electron chi connectivity index (χ3n) is 2.11. The van der Waals surface area contributed by atoms with Crippen molar-refractivity contribution in [2.75, 3.05) is 5.73 Å². The molecule has 1 heterocycles. The molecule has 0 aromatic carbocycles. The lowest BCUT2D eigenvalue weighted by Crippen LogP contribution is -2.05. The van der Waals surface area contributed by atoms with Crippen molar-refractivity contribution < 1.29 is 8.78 Å². The highest BCUT2D eigenvalue weighted by molar-refractivity contribution is 9.10. The molecule has 1 unspecified atom stereocenters. The molecule has 1 aliphatic rings. The molecule has 3 nitrogen and oxygen atoms in total. The molecule has 0 spiro atoms. The summed E-state index contributed by atoms with van der Waals surface area (Å²) in [5.41, 5.74) is 5.44. The molecule has 13 heavy (non-hydrogen) atoms. The first-order valence-electron chi connectivity index (χ1n) is 3.85. The van der Waals surface area contributed by atoms with E-state index in [-0.39, 0.29) is 13.0 Å². The molecule has 72 valence electrons. The number of rotatable bonds is 2. The lowest BCUT2D eigenvalue weighted by atomic mass is 10.4. The molecule has 1 aromatic heterocycles. The van der Waals surface area contributed by atoms with Gasteiger partial charge in [-0.3, -0.25) is 4.68 Å². The van der Waals surface area contributed by atoms with Crippen molar-refractivity contribution in [3.05, 3.63) is 10.7 Å². The second kappa shape index (κ2) is 2.67. The number of hydrogen-bond donors (Lipinski definition) is 1. The first-order valence-corrected chi connectivity index (χ1v) is 4.64. The van der Waals surface area contributed by atoms with Gasteiger partial charge in [0.25, 0.3) is 5.92 Å². The summed E-state index contributed by atoms with van der Waals surface area (Å²) in [6, 6.07) is 0. The Labute approximate surface area is 82.0 Å². The third kappa shape index (κ3) is 1.67. The first kappa shape index (κ1) is 8.93. The van der Waals surface area contributed by atoms with Crippen molar-refractivity contribution in [1.29, 1.82) is 0 Å². The summed E-state index contributed by atoms with van der Waals surface area (Å²) in [7, 11) is 0. The van der Waals surface area contributed by atoms with E-state index in [1.165, 1.54) is 4.68 Å². The summed E-state index contributed by atoms with van der Waals surface area (Å²) >= 11 is 3.16. The quantitative estimate of drug-likeness (QED) is 0.873. The molecule has 0 saturated heterocycles. The molecule has 2 rings (SSSR count). The highest BCUT2D eigenvalue weighted by Crippen LogP contribution is 2.49. The molecular weight excluding hydrogens is 244 g/mol. The van der Waals surface area contributed by atoms with Crippen LogP contribution in [0.2, 0.25) is 0 Å². The molecule has 1 aliphatic carbocycles. The van der Waals surface area contributed by atoms with E-state index >= 15 is 0 Å². The molecule has 1 fully saturated rings. The van der Waals surface area contributed by atoms with Crippen molar-refractivity contribution in [1.82, 2.24) is 9.78 Å². The van der Waals surface area contributed by atoms with Crippen LogP contribution < -0.4 is 5.73 Å². The maximum atomic E-state index is 12.5. The van der Waals surface area contributed by atoms with Gasteiger partial charge in [0, 0.05) is 25.1 Å². The molecule has 1 aromatic rings. The van der Waals surface area contributed by atoms with Crippen LogP contribution in [0, 0.1) is 5.92 Å². The van der Waals surface area contributed by atoms with Gasteiger partial charge in [0.05, 0.1) is 4.47 Å². The van der Waals surface area contributed by atoms with Crippen LogP contribution in [-0.4, -0.2) is 15.7 Å². The highest BCUT2D eigenvalue weighted by atomic mass is 79.9. The number of nitrogens with zero attached hydrogens (tertiary/aromatic N) is 2. The van der Waals surface area contributed by atoms with E-state index in [2.05, 4.69) is 21.0 Å². The first-order chi connectivity index (χ1) is 5.99. The van der Waals surface area contributed by atoms with E-state index in [0.717, 1.165) is 0 Å². The van der Waals surface area contributed by atoms with E-state index < -0.39 is 11.8 Å². The van der Waals surface area contributed by atoms with E-state index in [0.29, 0.717) is 10.3 Å². The Morgan fingerprint density at radius 2 is 2.38 bits per heavy atom. The summed E-state index contributed by atoms with van der Waals surface area (Å²) in [5, 5.41) is 3.87. The molecule has 0 amide bonds. The van der Waals surface area contributed by atoms with Crippen LogP contribution in [0.15, 0.2) is 10.7 Å². The number of hydrogen-bond acceptors (Lipinski definition) is 2. The number of nitrogen functional groups attached to an aromatic ring is 1. The maximum absolute atomic E-state index is 12.5. The van der Waals surface area contributed by atoms with Gasteiger partial charge >= 0.3 is 0 Å². The van der Waals surface area contributed by atoms with E-state index in [4.69, 9.17) is 5.73 Å². The Morgan fingerprint density at radius 3 is 2.77 bits per heavy atom. The zero-order chi connectivity index (χ0) is 9.64. The van der Waals surface area contributed by atoms with Crippen LogP contribution in [0.3, 0.4) is 0 Å². The lowest BCUT2D eigenvalue weighted by molar-refractivity contribution is 0.0942. The summed E-state index contributed by atoms with van der Waals surface area (Å²) in [4.78, 5) is 0. The van der Waals surface area contributed by atoms with Crippen molar-refractivity contribution in [2.45, 2.75) is 18.9 Å². The number of alkyl halides is 2. The zero-order valence-corrected chi connectivity index (χ0v) is 8.26. The number of nitrogens with two attached hydrogens (primary N) is 1. The standard InChI is InChI=1S/C7H8BrF2N3/c8-5-3-13(12-6(5)11)2-4-1-7(4,9)10/h3-4H,1-2H2,(H2,11,12). The van der Waals surface area contributed by atoms with E-state index in [1.807, 2.05) is 0 Å². The normalized spacial score (nSPS) is 24.7. The average molecular weight is 252 g/mol. The van der Waals surface area contributed by atoms with Gasteiger partial charge in [-0.15, -0.1) is 0 Å². The van der Waals surface area contributed by atoms with E-state index in [9.17, 15) is 8.78 Å². The van der Waals surface area contributed by atoms with Gasteiger partial charge in [-0.05, 0) is 15.9 Å². The topological polar surface area (TPSA) is 43.8 Å². The van der Waals surface area contributed by atoms with Crippen molar-refractivity contribution in [2.24, 2.45) is 5.92 Å². The van der Waals surface area contributed by atoms with Crippen LogP contribution in [0.1, 0.15) is 6.42 Å². The molecule has 1 saturated carbocycles. The molecular formula is C7H8BrF2N3. The molecule has 2 N–H and O–H groups in total. The van der Waals surface area contributed by atoms with Crippen LogP contribution >= 0.6 is 15.9 Å². The molecule has 0 bridgehead atoms. The minimum absolute atomic E-state index is 0.0373. The number of halogens is 3.